The maximum Gasteiger partial charge on any atom is 0.306 e. The molecule has 1 aromatic heterocycles. The monoisotopic (exact) mass is 322 g/mol. The zero-order valence-corrected chi connectivity index (χ0v) is 12.6. The van der Waals surface area contributed by atoms with Gasteiger partial charge in [0, 0.05) is 6.42 Å². The molecular formula is C16H15FO4S. The van der Waals surface area contributed by atoms with E-state index in [1.165, 1.54) is 35.6 Å². The standard InChI is InChI=1S/C16H15FO4S/c17-12-3-5-13(6-4-12)20-9-10-21-16(19)8-7-14(18)15-2-1-11-22-15/h1-6,11H,7-10H2. The Kier molecular flexibility index (Phi) is 6.09. The predicted octanol–water partition coefficient (Wildman–Crippen LogP) is 3.47. The van der Waals surface area contributed by atoms with E-state index in [9.17, 15) is 14.0 Å². The number of rotatable bonds is 8. The van der Waals surface area contributed by atoms with Gasteiger partial charge in [0.05, 0.1) is 11.3 Å². The minimum Gasteiger partial charge on any atom is -0.490 e. The van der Waals surface area contributed by atoms with Crippen molar-refractivity contribution < 1.29 is 23.5 Å². The summed E-state index contributed by atoms with van der Waals surface area (Å²) in [5.41, 5.74) is 0. The van der Waals surface area contributed by atoms with Crippen LogP contribution in [-0.2, 0) is 9.53 Å². The van der Waals surface area contributed by atoms with Gasteiger partial charge in [0.25, 0.3) is 0 Å². The number of hydrogen-bond donors (Lipinski definition) is 0. The molecule has 0 radical (unpaired) electrons. The van der Waals surface area contributed by atoms with E-state index in [0.717, 1.165) is 0 Å². The van der Waals surface area contributed by atoms with Crippen LogP contribution in [0.1, 0.15) is 22.5 Å². The van der Waals surface area contributed by atoms with Crippen molar-refractivity contribution in [3.8, 4) is 5.75 Å². The number of ether oxygens (including phenoxy) is 2. The van der Waals surface area contributed by atoms with Crippen molar-refractivity contribution in [2.45, 2.75) is 12.8 Å². The first-order chi connectivity index (χ1) is 10.6. The lowest BCUT2D eigenvalue weighted by atomic mass is 10.2. The molecule has 0 spiro atoms. The van der Waals surface area contributed by atoms with Crippen molar-refractivity contribution in [1.82, 2.24) is 0 Å². The van der Waals surface area contributed by atoms with E-state index in [2.05, 4.69) is 0 Å². The Morgan fingerprint density at radius 2 is 1.82 bits per heavy atom. The van der Waals surface area contributed by atoms with Gasteiger partial charge >= 0.3 is 5.97 Å². The van der Waals surface area contributed by atoms with Crippen molar-refractivity contribution in [2.24, 2.45) is 0 Å². The molecule has 0 bridgehead atoms. The van der Waals surface area contributed by atoms with E-state index < -0.39 is 5.97 Å². The summed E-state index contributed by atoms with van der Waals surface area (Å²) in [5.74, 6) is -0.332. The molecule has 0 fully saturated rings. The third kappa shape index (κ3) is 5.29. The predicted molar refractivity (Wildman–Crippen MR) is 80.7 cm³/mol. The Hall–Kier alpha value is -2.21. The van der Waals surface area contributed by atoms with E-state index in [1.807, 2.05) is 5.38 Å². The molecule has 6 heteroatoms. The normalized spacial score (nSPS) is 10.2. The number of Topliss-reactive ketones (excluding diaryl/α,β-unsaturated/α-hetero) is 1. The minimum absolute atomic E-state index is 0.0489. The molecule has 0 atom stereocenters. The number of hydrogen-bond acceptors (Lipinski definition) is 5. The fraction of sp³-hybridized carbons (Fsp3) is 0.250. The van der Waals surface area contributed by atoms with Crippen molar-refractivity contribution in [3.05, 3.63) is 52.5 Å². The van der Waals surface area contributed by atoms with Crippen LogP contribution in [0.25, 0.3) is 0 Å². The Morgan fingerprint density at radius 3 is 2.50 bits per heavy atom. The largest absolute Gasteiger partial charge is 0.490 e. The van der Waals surface area contributed by atoms with Gasteiger partial charge in [-0.05, 0) is 35.7 Å². The fourth-order valence-electron chi connectivity index (χ4n) is 1.69. The minimum atomic E-state index is -0.437. The molecule has 2 rings (SSSR count). The molecule has 0 aliphatic heterocycles. The first kappa shape index (κ1) is 16.2. The maximum absolute atomic E-state index is 12.7. The Labute approximate surface area is 131 Å². The second-order valence-corrected chi connectivity index (χ2v) is 5.37. The van der Waals surface area contributed by atoms with Crippen LogP contribution in [0.5, 0.6) is 5.75 Å². The lowest BCUT2D eigenvalue weighted by molar-refractivity contribution is -0.144. The van der Waals surface area contributed by atoms with Gasteiger partial charge in [-0.1, -0.05) is 6.07 Å². The number of ketones is 1. The van der Waals surface area contributed by atoms with Gasteiger partial charge in [0.15, 0.2) is 5.78 Å². The summed E-state index contributed by atoms with van der Waals surface area (Å²) in [6.45, 7) is 0.264. The van der Waals surface area contributed by atoms with Crippen LogP contribution in [0.15, 0.2) is 41.8 Å². The molecule has 0 aliphatic rings. The molecule has 22 heavy (non-hydrogen) atoms. The molecule has 0 aliphatic carbocycles. The number of halogens is 1. The molecule has 0 unspecified atom stereocenters. The maximum atomic E-state index is 12.7. The molecule has 0 N–H and O–H groups in total. The van der Waals surface area contributed by atoms with Crippen molar-refractivity contribution in [1.29, 1.82) is 0 Å². The van der Waals surface area contributed by atoms with Crippen molar-refractivity contribution in [2.75, 3.05) is 13.2 Å². The molecule has 1 aromatic carbocycles. The van der Waals surface area contributed by atoms with E-state index >= 15 is 0 Å². The van der Waals surface area contributed by atoms with Crippen molar-refractivity contribution in [3.63, 3.8) is 0 Å². The third-order valence-corrected chi connectivity index (χ3v) is 3.69. The highest BCUT2D eigenvalue weighted by Crippen LogP contribution is 2.13. The van der Waals surface area contributed by atoms with Gasteiger partial charge in [-0.3, -0.25) is 9.59 Å². The summed E-state index contributed by atoms with van der Waals surface area (Å²) >= 11 is 1.35. The highest BCUT2D eigenvalue weighted by Gasteiger charge is 2.10. The van der Waals surface area contributed by atoms with Crippen LogP contribution in [0.3, 0.4) is 0 Å². The lowest BCUT2D eigenvalue weighted by Gasteiger charge is -2.07. The Balaban J connectivity index is 1.59. The lowest BCUT2D eigenvalue weighted by Crippen LogP contribution is -2.13. The molecule has 4 nitrogen and oxygen atoms in total. The average molecular weight is 322 g/mol. The number of carbonyl (C=O) groups is 2. The van der Waals surface area contributed by atoms with Crippen LogP contribution in [-0.4, -0.2) is 25.0 Å². The van der Waals surface area contributed by atoms with Gasteiger partial charge in [0.1, 0.15) is 24.8 Å². The summed E-state index contributed by atoms with van der Waals surface area (Å²) in [6, 6.07) is 9.10. The SMILES string of the molecule is O=C(CCC(=O)c1cccs1)OCCOc1ccc(F)cc1. The highest BCUT2D eigenvalue weighted by atomic mass is 32.1. The third-order valence-electron chi connectivity index (χ3n) is 2.78. The van der Waals surface area contributed by atoms with Crippen LogP contribution in [0.4, 0.5) is 4.39 Å². The van der Waals surface area contributed by atoms with Gasteiger partial charge in [-0.25, -0.2) is 4.39 Å². The molecule has 0 saturated carbocycles. The van der Waals surface area contributed by atoms with Crippen LogP contribution in [0.2, 0.25) is 0 Å². The van der Waals surface area contributed by atoms with Crippen LogP contribution in [0, 0.1) is 5.82 Å². The summed E-state index contributed by atoms with van der Waals surface area (Å²) < 4.78 is 22.9. The van der Waals surface area contributed by atoms with E-state index in [4.69, 9.17) is 9.47 Å². The second kappa shape index (κ2) is 8.29. The molecular weight excluding hydrogens is 307 g/mol. The highest BCUT2D eigenvalue weighted by molar-refractivity contribution is 7.12. The van der Waals surface area contributed by atoms with Gasteiger partial charge < -0.3 is 9.47 Å². The van der Waals surface area contributed by atoms with E-state index in [1.54, 1.807) is 12.1 Å². The summed E-state index contributed by atoms with van der Waals surface area (Å²) in [7, 11) is 0. The summed E-state index contributed by atoms with van der Waals surface area (Å²) in [4.78, 5) is 23.8. The number of thiophene rings is 1. The first-order valence-corrected chi connectivity index (χ1v) is 7.64. The number of esters is 1. The quantitative estimate of drug-likeness (QED) is 0.424. The van der Waals surface area contributed by atoms with Crippen molar-refractivity contribution >= 4 is 23.1 Å². The number of carbonyl (C=O) groups excluding carboxylic acids is 2. The molecule has 0 saturated heterocycles. The molecule has 2 aromatic rings. The van der Waals surface area contributed by atoms with Crippen LogP contribution >= 0.6 is 11.3 Å². The van der Waals surface area contributed by atoms with E-state index in [0.29, 0.717) is 10.6 Å². The molecule has 0 amide bonds. The summed E-state index contributed by atoms with van der Waals surface area (Å²) in [5, 5.41) is 1.82. The number of benzene rings is 1. The zero-order chi connectivity index (χ0) is 15.8. The van der Waals surface area contributed by atoms with E-state index in [-0.39, 0.29) is 37.7 Å². The second-order valence-electron chi connectivity index (χ2n) is 4.42. The topological polar surface area (TPSA) is 52.6 Å². The van der Waals surface area contributed by atoms with Gasteiger partial charge in [-0.2, -0.15) is 0 Å². The first-order valence-electron chi connectivity index (χ1n) is 6.76. The summed E-state index contributed by atoms with van der Waals surface area (Å²) in [6.07, 6.45) is 0.186. The fourth-order valence-corrected chi connectivity index (χ4v) is 2.39. The van der Waals surface area contributed by atoms with Gasteiger partial charge in [-0.15, -0.1) is 11.3 Å². The Bertz CT molecular complexity index is 608. The van der Waals surface area contributed by atoms with Crippen LogP contribution < -0.4 is 4.74 Å². The van der Waals surface area contributed by atoms with Gasteiger partial charge in [0.2, 0.25) is 0 Å². The molecule has 1 heterocycles. The molecule has 116 valence electrons. The smallest absolute Gasteiger partial charge is 0.306 e. The average Bonchev–Trinajstić information content (AvgIpc) is 3.05. The Morgan fingerprint density at radius 1 is 1.05 bits per heavy atom. The zero-order valence-electron chi connectivity index (χ0n) is 11.8.